The van der Waals surface area contributed by atoms with Gasteiger partial charge in [-0.05, 0) is 25.5 Å². The Morgan fingerprint density at radius 1 is 1.36 bits per heavy atom. The number of rotatable bonds is 5. The maximum atomic E-state index is 14.6. The molecule has 0 aliphatic rings. The number of hydrogen-bond acceptors (Lipinski definition) is 6. The van der Waals surface area contributed by atoms with E-state index < -0.39 is 11.8 Å². The fraction of sp³-hybridized carbons (Fsp3) is 0.312. The van der Waals surface area contributed by atoms with Gasteiger partial charge in [0.25, 0.3) is 0 Å². The van der Waals surface area contributed by atoms with Gasteiger partial charge < -0.3 is 15.2 Å². The molecule has 0 amide bonds. The zero-order valence-corrected chi connectivity index (χ0v) is 15.3. The number of aromatic nitrogens is 2. The minimum atomic E-state index is -0.780. The van der Waals surface area contributed by atoms with Gasteiger partial charge in [-0.15, -0.1) is 0 Å². The summed E-state index contributed by atoms with van der Waals surface area (Å²) in [6.07, 6.45) is 0.273. The second-order valence-electron chi connectivity index (χ2n) is 5.16. The van der Waals surface area contributed by atoms with Gasteiger partial charge in [0.1, 0.15) is 10.8 Å². The van der Waals surface area contributed by atoms with E-state index >= 15 is 0 Å². The first-order valence-corrected chi connectivity index (χ1v) is 8.12. The lowest BCUT2D eigenvalue weighted by Crippen LogP contribution is -2.17. The summed E-state index contributed by atoms with van der Waals surface area (Å²) in [5, 5.41) is -0.0690. The van der Waals surface area contributed by atoms with Crippen molar-refractivity contribution >= 4 is 35.0 Å². The maximum Gasteiger partial charge on any atom is 0.358 e. The van der Waals surface area contributed by atoms with Crippen LogP contribution in [0.25, 0.3) is 11.4 Å². The number of carbonyl (C=O) groups is 1. The van der Waals surface area contributed by atoms with Crippen LogP contribution in [0.2, 0.25) is 10.0 Å². The van der Waals surface area contributed by atoms with Crippen LogP contribution in [-0.2, 0) is 4.74 Å². The Balaban J connectivity index is 2.56. The number of nitrogens with zero attached hydrogens (tertiary/aromatic N) is 2. The van der Waals surface area contributed by atoms with Gasteiger partial charge in [-0.2, -0.15) is 0 Å². The van der Waals surface area contributed by atoms with E-state index in [1.165, 1.54) is 19.2 Å². The lowest BCUT2D eigenvalue weighted by molar-refractivity contribution is 0.0327. The first-order chi connectivity index (χ1) is 11.8. The SMILES string of the molecule is CCC(C)OC(=O)c1nc(-c2ccc(Cl)c(OC)c2F)nc(N)c1Cl. The zero-order valence-electron chi connectivity index (χ0n) is 13.8. The molecule has 9 heteroatoms. The first-order valence-electron chi connectivity index (χ1n) is 7.36. The summed E-state index contributed by atoms with van der Waals surface area (Å²) in [4.78, 5) is 20.2. The van der Waals surface area contributed by atoms with Crippen molar-refractivity contribution < 1.29 is 18.7 Å². The number of benzene rings is 1. The Morgan fingerprint density at radius 3 is 2.64 bits per heavy atom. The quantitative estimate of drug-likeness (QED) is 0.775. The molecule has 134 valence electrons. The normalized spacial score (nSPS) is 11.9. The number of anilines is 1. The summed E-state index contributed by atoms with van der Waals surface area (Å²) >= 11 is 11.9. The molecule has 0 radical (unpaired) electrons. The summed E-state index contributed by atoms with van der Waals surface area (Å²) in [6.45, 7) is 3.58. The Labute approximate surface area is 154 Å². The number of esters is 1. The summed E-state index contributed by atoms with van der Waals surface area (Å²) in [7, 11) is 1.28. The second-order valence-corrected chi connectivity index (χ2v) is 5.95. The molecule has 1 heterocycles. The third-order valence-corrected chi connectivity index (χ3v) is 4.12. The average molecular weight is 388 g/mol. The highest BCUT2D eigenvalue weighted by Crippen LogP contribution is 2.35. The number of halogens is 3. The van der Waals surface area contributed by atoms with Crippen molar-refractivity contribution in [1.82, 2.24) is 9.97 Å². The predicted octanol–water partition coefficient (Wildman–Crippen LogP) is 4.14. The van der Waals surface area contributed by atoms with Gasteiger partial charge in [0.2, 0.25) is 0 Å². The van der Waals surface area contributed by atoms with Gasteiger partial charge in [-0.25, -0.2) is 19.2 Å². The second kappa shape index (κ2) is 7.84. The molecule has 2 aromatic rings. The molecule has 0 bridgehead atoms. The molecule has 0 aliphatic carbocycles. The molecule has 0 spiro atoms. The largest absolute Gasteiger partial charge is 0.492 e. The van der Waals surface area contributed by atoms with Crippen LogP contribution in [0.3, 0.4) is 0 Å². The molecule has 1 aromatic carbocycles. The van der Waals surface area contributed by atoms with Crippen LogP contribution in [0.15, 0.2) is 12.1 Å². The van der Waals surface area contributed by atoms with Crippen molar-refractivity contribution in [2.45, 2.75) is 26.4 Å². The van der Waals surface area contributed by atoms with Gasteiger partial charge in [0.15, 0.2) is 23.1 Å². The molecule has 0 saturated heterocycles. The topological polar surface area (TPSA) is 87.3 Å². The van der Waals surface area contributed by atoms with E-state index in [9.17, 15) is 9.18 Å². The van der Waals surface area contributed by atoms with Crippen molar-refractivity contribution in [2.75, 3.05) is 12.8 Å². The number of ether oxygens (including phenoxy) is 2. The average Bonchev–Trinajstić information content (AvgIpc) is 2.57. The molecule has 6 nitrogen and oxygen atoms in total. The highest BCUT2D eigenvalue weighted by molar-refractivity contribution is 6.35. The van der Waals surface area contributed by atoms with E-state index in [0.717, 1.165) is 0 Å². The van der Waals surface area contributed by atoms with Crippen molar-refractivity contribution in [3.63, 3.8) is 0 Å². The monoisotopic (exact) mass is 387 g/mol. The Bertz CT molecular complexity index is 818. The van der Waals surface area contributed by atoms with E-state index in [-0.39, 0.29) is 44.8 Å². The highest BCUT2D eigenvalue weighted by Gasteiger charge is 2.23. The van der Waals surface area contributed by atoms with Crippen LogP contribution in [0, 0.1) is 5.82 Å². The molecule has 2 N–H and O–H groups in total. The molecular formula is C16H16Cl2FN3O3. The van der Waals surface area contributed by atoms with Crippen LogP contribution >= 0.6 is 23.2 Å². The number of methoxy groups -OCH3 is 1. The minimum absolute atomic E-state index is 0.0396. The first kappa shape index (κ1) is 19.2. The van der Waals surface area contributed by atoms with Gasteiger partial charge in [0, 0.05) is 0 Å². The Morgan fingerprint density at radius 2 is 2.04 bits per heavy atom. The van der Waals surface area contributed by atoms with Crippen molar-refractivity contribution in [2.24, 2.45) is 0 Å². The smallest absolute Gasteiger partial charge is 0.358 e. The van der Waals surface area contributed by atoms with Gasteiger partial charge >= 0.3 is 5.97 Å². The molecular weight excluding hydrogens is 372 g/mol. The van der Waals surface area contributed by atoms with Crippen LogP contribution < -0.4 is 10.5 Å². The molecule has 25 heavy (non-hydrogen) atoms. The summed E-state index contributed by atoms with van der Waals surface area (Å²) < 4.78 is 24.7. The van der Waals surface area contributed by atoms with E-state index in [0.29, 0.717) is 6.42 Å². The number of carbonyl (C=O) groups excluding carboxylic acids is 1. The fourth-order valence-corrected chi connectivity index (χ4v) is 2.32. The van der Waals surface area contributed by atoms with Crippen LogP contribution in [0.1, 0.15) is 30.8 Å². The number of nitrogen functional groups attached to an aromatic ring is 1. The van der Waals surface area contributed by atoms with Crippen LogP contribution in [0.5, 0.6) is 5.75 Å². The van der Waals surface area contributed by atoms with Crippen LogP contribution in [0.4, 0.5) is 10.2 Å². The van der Waals surface area contributed by atoms with E-state index in [4.69, 9.17) is 38.4 Å². The van der Waals surface area contributed by atoms with Crippen molar-refractivity contribution in [3.8, 4) is 17.1 Å². The molecule has 1 aromatic heterocycles. The highest BCUT2D eigenvalue weighted by atomic mass is 35.5. The van der Waals surface area contributed by atoms with Gasteiger partial charge in [-0.1, -0.05) is 30.1 Å². The predicted molar refractivity (Wildman–Crippen MR) is 93.6 cm³/mol. The summed E-state index contributed by atoms with van der Waals surface area (Å²) in [5.74, 6) is -2.02. The summed E-state index contributed by atoms with van der Waals surface area (Å²) in [6, 6.07) is 2.77. The molecule has 1 atom stereocenters. The third-order valence-electron chi connectivity index (χ3n) is 3.45. The van der Waals surface area contributed by atoms with E-state index in [1.54, 1.807) is 6.92 Å². The van der Waals surface area contributed by atoms with E-state index in [2.05, 4.69) is 9.97 Å². The minimum Gasteiger partial charge on any atom is -0.492 e. The van der Waals surface area contributed by atoms with Crippen LogP contribution in [-0.4, -0.2) is 29.2 Å². The lowest BCUT2D eigenvalue weighted by atomic mass is 10.1. The summed E-state index contributed by atoms with van der Waals surface area (Å²) in [5.41, 5.74) is 5.46. The Kier molecular flexibility index (Phi) is 6.02. The lowest BCUT2D eigenvalue weighted by Gasteiger charge is -2.13. The van der Waals surface area contributed by atoms with Crippen molar-refractivity contribution in [1.29, 1.82) is 0 Å². The molecule has 2 rings (SSSR count). The third kappa shape index (κ3) is 3.93. The zero-order chi connectivity index (χ0) is 18.7. The van der Waals surface area contributed by atoms with E-state index in [1.807, 2.05) is 6.92 Å². The number of hydrogen-bond donors (Lipinski definition) is 1. The fourth-order valence-electron chi connectivity index (χ4n) is 1.93. The number of nitrogens with two attached hydrogens (primary N) is 1. The van der Waals surface area contributed by atoms with Gasteiger partial charge in [-0.3, -0.25) is 0 Å². The Hall–Kier alpha value is -2.12. The van der Waals surface area contributed by atoms with Gasteiger partial charge in [0.05, 0.1) is 23.8 Å². The molecule has 0 aliphatic heterocycles. The molecule has 1 unspecified atom stereocenters. The molecule has 0 saturated carbocycles. The standard InChI is InChI=1S/C16H16Cl2FN3O3/c1-4-7(2)25-16(23)12-10(18)14(20)22-15(21-12)8-5-6-9(17)13(24-3)11(8)19/h5-7H,4H2,1-3H3,(H2,20,21,22). The molecule has 0 fully saturated rings. The van der Waals surface area contributed by atoms with Crippen molar-refractivity contribution in [3.05, 3.63) is 33.7 Å². The maximum absolute atomic E-state index is 14.6.